The summed E-state index contributed by atoms with van der Waals surface area (Å²) in [6.45, 7) is 1.15. The smallest absolute Gasteiger partial charge is 0.396 e. The maximum Gasteiger partial charge on any atom is 0.396 e. The number of carbonyl (C=O) groups excluding carboxylic acids is 2. The summed E-state index contributed by atoms with van der Waals surface area (Å²) in [5.41, 5.74) is 0. The molecule has 14 heavy (non-hydrogen) atoms. The van der Waals surface area contributed by atoms with Crippen LogP contribution in [0.4, 0.5) is 13.2 Å². The van der Waals surface area contributed by atoms with Gasteiger partial charge in [-0.05, 0) is 6.92 Å². The van der Waals surface area contributed by atoms with E-state index in [-0.39, 0.29) is 0 Å². The monoisotopic (exact) mass is 213 g/mol. The van der Waals surface area contributed by atoms with Crippen LogP contribution in [0.3, 0.4) is 0 Å². The van der Waals surface area contributed by atoms with Crippen LogP contribution in [0.1, 0.15) is 13.3 Å². The molecule has 0 aliphatic carbocycles. The molecule has 1 N–H and O–H groups in total. The van der Waals surface area contributed by atoms with Gasteiger partial charge in [-0.15, -0.1) is 0 Å². The van der Waals surface area contributed by atoms with Gasteiger partial charge in [0.1, 0.15) is 0 Å². The summed E-state index contributed by atoms with van der Waals surface area (Å²) in [5.74, 6) is -2.39. The Kier molecular flexibility index (Phi) is 4.39. The number of hydrogen-bond donors (Lipinski definition) is 1. The summed E-state index contributed by atoms with van der Waals surface area (Å²) in [6, 6.07) is -1.15. The van der Waals surface area contributed by atoms with Gasteiger partial charge in [0.2, 0.25) is 0 Å². The number of amides is 1. The fourth-order valence-electron chi connectivity index (χ4n) is 0.774. The van der Waals surface area contributed by atoms with Crippen molar-refractivity contribution in [2.45, 2.75) is 25.6 Å². The molecule has 1 unspecified atom stereocenters. The van der Waals surface area contributed by atoms with Crippen LogP contribution < -0.4 is 5.32 Å². The number of halogens is 3. The van der Waals surface area contributed by atoms with E-state index in [0.29, 0.717) is 0 Å². The molecule has 0 aromatic rings. The summed E-state index contributed by atoms with van der Waals surface area (Å²) in [5, 5.41) is 1.85. The van der Waals surface area contributed by atoms with Gasteiger partial charge < -0.3 is 10.1 Å². The van der Waals surface area contributed by atoms with Gasteiger partial charge in [-0.1, -0.05) is 0 Å². The van der Waals surface area contributed by atoms with Crippen molar-refractivity contribution in [1.82, 2.24) is 5.32 Å². The van der Waals surface area contributed by atoms with E-state index >= 15 is 0 Å². The fourth-order valence-corrected chi connectivity index (χ4v) is 0.774. The normalized spacial score (nSPS) is 13.2. The van der Waals surface area contributed by atoms with E-state index in [2.05, 4.69) is 4.74 Å². The first-order valence-electron chi connectivity index (χ1n) is 3.72. The van der Waals surface area contributed by atoms with Gasteiger partial charge >= 0.3 is 18.1 Å². The van der Waals surface area contributed by atoms with Gasteiger partial charge in [0.25, 0.3) is 0 Å². The minimum atomic E-state index is -4.37. The van der Waals surface area contributed by atoms with Crippen molar-refractivity contribution in [1.29, 1.82) is 0 Å². The van der Waals surface area contributed by atoms with Crippen LogP contribution in [0.5, 0.6) is 0 Å². The minimum absolute atomic E-state index is 0.969. The van der Waals surface area contributed by atoms with Crippen LogP contribution in [0, 0.1) is 0 Å². The third-order valence-electron chi connectivity index (χ3n) is 1.29. The standard InChI is InChI=1S/C7H10F3NO3/c1-4(3-7(8,9)10)11-5(12)6(13)14-2/h4H,3H2,1-2H3,(H,11,12). The molecule has 0 fully saturated rings. The van der Waals surface area contributed by atoms with Gasteiger partial charge in [0.15, 0.2) is 0 Å². The molecule has 1 amide bonds. The first-order chi connectivity index (χ1) is 6.26. The molecule has 82 valence electrons. The third-order valence-corrected chi connectivity index (χ3v) is 1.29. The molecular weight excluding hydrogens is 203 g/mol. The lowest BCUT2D eigenvalue weighted by Gasteiger charge is -2.14. The summed E-state index contributed by atoms with van der Waals surface area (Å²) in [7, 11) is 0.969. The van der Waals surface area contributed by atoms with Gasteiger partial charge in [-0.25, -0.2) is 4.79 Å². The lowest BCUT2D eigenvalue weighted by atomic mass is 10.2. The lowest BCUT2D eigenvalue weighted by molar-refractivity contribution is -0.155. The lowest BCUT2D eigenvalue weighted by Crippen LogP contribution is -2.40. The Morgan fingerprint density at radius 2 is 1.93 bits per heavy atom. The number of nitrogens with one attached hydrogen (secondary N) is 1. The molecule has 1 atom stereocenters. The molecule has 0 aromatic heterocycles. The average molecular weight is 213 g/mol. The van der Waals surface area contributed by atoms with Crippen molar-refractivity contribution in [2.75, 3.05) is 7.11 Å². The molecule has 0 saturated heterocycles. The third kappa shape index (κ3) is 5.39. The average Bonchev–Trinajstić information content (AvgIpc) is 1.99. The summed E-state index contributed by atoms with van der Waals surface area (Å²) in [4.78, 5) is 21.2. The largest absolute Gasteiger partial charge is 0.462 e. The van der Waals surface area contributed by atoms with Gasteiger partial charge in [0.05, 0.1) is 13.5 Å². The van der Waals surface area contributed by atoms with Crippen molar-refractivity contribution in [3.8, 4) is 0 Å². The highest BCUT2D eigenvalue weighted by atomic mass is 19.4. The summed E-state index contributed by atoms with van der Waals surface area (Å²) < 4.78 is 39.3. The van der Waals surface area contributed by atoms with Gasteiger partial charge in [-0.3, -0.25) is 4.79 Å². The van der Waals surface area contributed by atoms with E-state index in [4.69, 9.17) is 0 Å². The number of rotatable bonds is 2. The van der Waals surface area contributed by atoms with E-state index in [1.54, 1.807) is 0 Å². The van der Waals surface area contributed by atoms with Crippen LogP contribution in [0.2, 0.25) is 0 Å². The molecule has 0 spiro atoms. The first-order valence-corrected chi connectivity index (χ1v) is 3.72. The van der Waals surface area contributed by atoms with E-state index < -0.39 is 30.5 Å². The van der Waals surface area contributed by atoms with Crippen molar-refractivity contribution in [3.63, 3.8) is 0 Å². The number of carbonyl (C=O) groups is 2. The zero-order valence-corrected chi connectivity index (χ0v) is 7.64. The van der Waals surface area contributed by atoms with Crippen molar-refractivity contribution >= 4 is 11.9 Å². The second kappa shape index (κ2) is 4.83. The maximum absolute atomic E-state index is 11.8. The molecule has 0 aromatic carbocycles. The Morgan fingerprint density at radius 3 is 2.29 bits per heavy atom. The quantitative estimate of drug-likeness (QED) is 0.540. The van der Waals surface area contributed by atoms with Crippen LogP contribution in [-0.2, 0) is 14.3 Å². The SMILES string of the molecule is COC(=O)C(=O)NC(C)CC(F)(F)F. The topological polar surface area (TPSA) is 55.4 Å². The van der Waals surface area contributed by atoms with E-state index in [1.165, 1.54) is 0 Å². The summed E-state index contributed by atoms with van der Waals surface area (Å²) >= 11 is 0. The Morgan fingerprint density at radius 1 is 1.43 bits per heavy atom. The predicted molar refractivity (Wildman–Crippen MR) is 40.3 cm³/mol. The molecular formula is C7H10F3NO3. The van der Waals surface area contributed by atoms with Crippen molar-refractivity contribution < 1.29 is 27.5 Å². The van der Waals surface area contributed by atoms with Crippen LogP contribution in [0.15, 0.2) is 0 Å². The number of hydrogen-bond acceptors (Lipinski definition) is 3. The fraction of sp³-hybridized carbons (Fsp3) is 0.714. The van der Waals surface area contributed by atoms with Crippen LogP contribution in [0.25, 0.3) is 0 Å². The number of alkyl halides is 3. The second-order valence-electron chi connectivity index (χ2n) is 2.69. The predicted octanol–water partition coefficient (Wildman–Crippen LogP) is 0.616. The van der Waals surface area contributed by atoms with Crippen LogP contribution >= 0.6 is 0 Å². The highest BCUT2D eigenvalue weighted by Gasteiger charge is 2.31. The molecule has 0 saturated carbocycles. The minimum Gasteiger partial charge on any atom is -0.462 e. The van der Waals surface area contributed by atoms with Crippen molar-refractivity contribution in [3.05, 3.63) is 0 Å². The van der Waals surface area contributed by atoms with Gasteiger partial charge in [-0.2, -0.15) is 13.2 Å². The highest BCUT2D eigenvalue weighted by Crippen LogP contribution is 2.21. The van der Waals surface area contributed by atoms with E-state index in [1.807, 2.05) is 5.32 Å². The molecule has 0 aliphatic rings. The Labute approximate surface area is 78.4 Å². The zero-order chi connectivity index (χ0) is 11.4. The number of esters is 1. The molecule has 0 aliphatic heterocycles. The number of methoxy groups -OCH3 is 1. The Hall–Kier alpha value is -1.27. The Balaban J connectivity index is 4.01. The maximum atomic E-state index is 11.8. The van der Waals surface area contributed by atoms with Crippen LogP contribution in [-0.4, -0.2) is 31.2 Å². The molecule has 0 radical (unpaired) electrons. The Bertz CT molecular complexity index is 227. The number of ether oxygens (including phenoxy) is 1. The molecule has 7 heteroatoms. The van der Waals surface area contributed by atoms with E-state index in [0.717, 1.165) is 14.0 Å². The molecule has 0 heterocycles. The van der Waals surface area contributed by atoms with Gasteiger partial charge in [0, 0.05) is 6.04 Å². The molecule has 0 rings (SSSR count). The second-order valence-corrected chi connectivity index (χ2v) is 2.69. The summed E-state index contributed by atoms with van der Waals surface area (Å²) in [6.07, 6.45) is -5.56. The molecule has 0 bridgehead atoms. The van der Waals surface area contributed by atoms with E-state index in [9.17, 15) is 22.8 Å². The highest BCUT2D eigenvalue weighted by molar-refractivity contribution is 6.32. The zero-order valence-electron chi connectivity index (χ0n) is 7.64. The molecule has 4 nitrogen and oxygen atoms in total. The first kappa shape index (κ1) is 12.7. The van der Waals surface area contributed by atoms with Crippen molar-refractivity contribution in [2.24, 2.45) is 0 Å².